The molecular formula is C34H50N8O5. The molecule has 1 fully saturated rings. The molecule has 2 aromatic rings. The lowest BCUT2D eigenvalue weighted by Crippen LogP contribution is -2.58. The van der Waals surface area contributed by atoms with Gasteiger partial charge >= 0.3 is 0 Å². The van der Waals surface area contributed by atoms with E-state index in [4.69, 9.17) is 21.9 Å². The van der Waals surface area contributed by atoms with Gasteiger partial charge in [-0.05, 0) is 36.8 Å². The fourth-order valence-electron chi connectivity index (χ4n) is 5.29. The van der Waals surface area contributed by atoms with Gasteiger partial charge < -0.3 is 42.8 Å². The first-order valence-corrected chi connectivity index (χ1v) is 16.3. The van der Waals surface area contributed by atoms with Crippen LogP contribution in [0.1, 0.15) is 50.2 Å². The molecule has 47 heavy (non-hydrogen) atoms. The maximum Gasteiger partial charge on any atom is 0.245 e. The molecule has 1 saturated heterocycles. The van der Waals surface area contributed by atoms with Gasteiger partial charge in [0.05, 0.1) is 12.6 Å². The van der Waals surface area contributed by atoms with Crippen molar-refractivity contribution in [3.05, 3.63) is 71.8 Å². The van der Waals surface area contributed by atoms with E-state index in [0.29, 0.717) is 52.0 Å². The van der Waals surface area contributed by atoms with Crippen LogP contribution >= 0.6 is 0 Å². The van der Waals surface area contributed by atoms with Crippen LogP contribution in [0, 0.1) is 0 Å². The summed E-state index contributed by atoms with van der Waals surface area (Å²) >= 11 is 0. The number of hydrogen-bond donors (Lipinski definition) is 6. The molecule has 13 nitrogen and oxygen atoms in total. The summed E-state index contributed by atoms with van der Waals surface area (Å²) in [6.45, 7) is 3.96. The minimum Gasteiger partial charge on any atom is -0.380 e. The van der Waals surface area contributed by atoms with Crippen LogP contribution in [0.4, 0.5) is 0 Å². The third-order valence-electron chi connectivity index (χ3n) is 7.89. The van der Waals surface area contributed by atoms with Gasteiger partial charge in [-0.25, -0.2) is 0 Å². The summed E-state index contributed by atoms with van der Waals surface area (Å²) in [7, 11) is 0. The predicted octanol–water partition coefficient (Wildman–Crippen LogP) is 0.356. The number of carbonyl (C=O) groups is 4. The molecular weight excluding hydrogens is 600 g/mol. The summed E-state index contributed by atoms with van der Waals surface area (Å²) in [4.78, 5) is 60.0. The normalized spacial score (nSPS) is 15.7. The molecule has 1 heterocycles. The van der Waals surface area contributed by atoms with Crippen molar-refractivity contribution in [2.24, 2.45) is 22.2 Å². The molecule has 0 radical (unpaired) electrons. The van der Waals surface area contributed by atoms with Crippen LogP contribution in [0.3, 0.4) is 0 Å². The summed E-state index contributed by atoms with van der Waals surface area (Å²) in [5.74, 6) is -1.90. The summed E-state index contributed by atoms with van der Waals surface area (Å²) in [6, 6.07) is 14.9. The Hall–Kier alpha value is -4.49. The number of nitrogens with one attached hydrogen (secondary N) is 3. The van der Waals surface area contributed by atoms with Crippen LogP contribution in [-0.2, 0) is 36.8 Å². The molecule has 2 aromatic carbocycles. The Morgan fingerprint density at radius 2 is 1.38 bits per heavy atom. The van der Waals surface area contributed by atoms with E-state index in [1.165, 1.54) is 0 Å². The average Bonchev–Trinajstić information content (AvgIpc) is 3.36. The van der Waals surface area contributed by atoms with Crippen LogP contribution in [0.2, 0.25) is 0 Å². The highest BCUT2D eigenvalue weighted by Crippen LogP contribution is 2.10. The highest BCUT2D eigenvalue weighted by Gasteiger charge is 2.32. The van der Waals surface area contributed by atoms with Crippen molar-refractivity contribution in [1.29, 1.82) is 0 Å². The van der Waals surface area contributed by atoms with Gasteiger partial charge in [-0.1, -0.05) is 80.4 Å². The summed E-state index contributed by atoms with van der Waals surface area (Å²) in [5.41, 5.74) is 19.0. The highest BCUT2D eigenvalue weighted by molar-refractivity contribution is 5.95. The quantitative estimate of drug-likeness (QED) is 0.104. The number of ether oxygens (including phenoxy) is 1. The van der Waals surface area contributed by atoms with E-state index in [1.807, 2.05) is 67.6 Å². The zero-order valence-corrected chi connectivity index (χ0v) is 27.2. The molecule has 0 saturated carbocycles. The molecule has 0 spiro atoms. The molecule has 4 amide bonds. The first-order chi connectivity index (χ1) is 22.7. The molecule has 0 aromatic heterocycles. The van der Waals surface area contributed by atoms with Crippen molar-refractivity contribution in [3.63, 3.8) is 0 Å². The molecule has 0 aliphatic carbocycles. The SMILES string of the molecule is CCCC[C@@H](NC(=O)[C@@H](Cc1ccccc1)NC(=O)[C@H](N)Cc1ccccc1)C(=O)N[C@H](CCN=C(N)N)C(=O)N1CCCOCC1. The second-order valence-electron chi connectivity index (χ2n) is 11.7. The largest absolute Gasteiger partial charge is 0.380 e. The van der Waals surface area contributed by atoms with Crippen LogP contribution in [-0.4, -0.2) is 91.5 Å². The number of hydrogen-bond acceptors (Lipinski definition) is 7. The van der Waals surface area contributed by atoms with Crippen LogP contribution < -0.4 is 33.2 Å². The molecule has 1 aliphatic rings. The van der Waals surface area contributed by atoms with Crippen molar-refractivity contribution >= 4 is 29.6 Å². The van der Waals surface area contributed by atoms with E-state index in [1.54, 1.807) is 4.90 Å². The number of unbranched alkanes of at least 4 members (excludes halogenated alkanes) is 1. The summed E-state index contributed by atoms with van der Waals surface area (Å²) < 4.78 is 5.49. The Balaban J connectivity index is 1.77. The third kappa shape index (κ3) is 13.0. The molecule has 0 bridgehead atoms. The van der Waals surface area contributed by atoms with Crippen LogP contribution in [0.15, 0.2) is 65.7 Å². The first-order valence-electron chi connectivity index (χ1n) is 16.3. The van der Waals surface area contributed by atoms with Crippen molar-refractivity contribution in [3.8, 4) is 0 Å². The van der Waals surface area contributed by atoms with E-state index in [2.05, 4.69) is 20.9 Å². The zero-order chi connectivity index (χ0) is 34.0. The molecule has 3 rings (SSSR count). The van der Waals surface area contributed by atoms with Gasteiger partial charge in [0.15, 0.2) is 5.96 Å². The van der Waals surface area contributed by atoms with Crippen LogP contribution in [0.25, 0.3) is 0 Å². The standard InChI is InChI=1S/C34H50N8O5/c1-2-3-15-27(31(44)40-28(16-17-38-34(36)37)33(46)42-18-10-20-47-21-19-42)39-32(45)29(23-25-13-8-5-9-14-25)41-30(43)26(35)22-24-11-6-4-7-12-24/h4-9,11-14,26-29H,2-3,10,15-23,35H2,1H3,(H,39,45)(H,40,44)(H,41,43)(H4,36,37,38)/t26-,27-,28-,29-/m1/s1. The van der Waals surface area contributed by atoms with E-state index in [9.17, 15) is 19.2 Å². The Labute approximate surface area is 277 Å². The average molecular weight is 651 g/mol. The molecule has 13 heteroatoms. The predicted molar refractivity (Wildman–Crippen MR) is 181 cm³/mol. The lowest BCUT2D eigenvalue weighted by atomic mass is 10.0. The smallest absolute Gasteiger partial charge is 0.245 e. The van der Waals surface area contributed by atoms with Crippen molar-refractivity contribution in [1.82, 2.24) is 20.9 Å². The number of nitrogens with zero attached hydrogens (tertiary/aromatic N) is 2. The fraction of sp³-hybridized carbons (Fsp3) is 0.500. The van der Waals surface area contributed by atoms with Gasteiger partial charge in [-0.2, -0.15) is 0 Å². The van der Waals surface area contributed by atoms with E-state index >= 15 is 0 Å². The summed E-state index contributed by atoms with van der Waals surface area (Å²) in [6.07, 6.45) is 3.09. The van der Waals surface area contributed by atoms with Gasteiger partial charge in [0.2, 0.25) is 23.6 Å². The summed E-state index contributed by atoms with van der Waals surface area (Å²) in [5, 5.41) is 8.52. The van der Waals surface area contributed by atoms with E-state index in [-0.39, 0.29) is 31.3 Å². The number of carbonyl (C=O) groups excluding carboxylic acids is 4. The Morgan fingerprint density at radius 1 is 0.787 bits per heavy atom. The molecule has 9 N–H and O–H groups in total. The van der Waals surface area contributed by atoms with Crippen LogP contribution in [0.5, 0.6) is 0 Å². The number of amides is 4. The third-order valence-corrected chi connectivity index (χ3v) is 7.89. The lowest BCUT2D eigenvalue weighted by molar-refractivity contribution is -0.138. The molecule has 1 aliphatic heterocycles. The van der Waals surface area contributed by atoms with E-state index < -0.39 is 41.9 Å². The fourth-order valence-corrected chi connectivity index (χ4v) is 5.29. The van der Waals surface area contributed by atoms with Crippen molar-refractivity contribution in [2.45, 2.75) is 76.0 Å². The Bertz CT molecular complexity index is 1300. The maximum atomic E-state index is 13.8. The number of rotatable bonds is 17. The number of nitrogens with two attached hydrogens (primary N) is 3. The molecule has 256 valence electrons. The maximum absolute atomic E-state index is 13.8. The number of aliphatic imine (C=N–C) groups is 1. The minimum absolute atomic E-state index is 0.117. The first kappa shape index (κ1) is 37.0. The number of benzene rings is 2. The van der Waals surface area contributed by atoms with Gasteiger partial charge in [-0.3, -0.25) is 24.2 Å². The van der Waals surface area contributed by atoms with Crippen molar-refractivity contribution in [2.75, 3.05) is 32.8 Å². The second-order valence-corrected chi connectivity index (χ2v) is 11.7. The minimum atomic E-state index is -1.000. The number of guanidine groups is 1. The molecule has 0 unspecified atom stereocenters. The highest BCUT2D eigenvalue weighted by atomic mass is 16.5. The monoisotopic (exact) mass is 650 g/mol. The van der Waals surface area contributed by atoms with Crippen molar-refractivity contribution < 1.29 is 23.9 Å². The van der Waals surface area contributed by atoms with Gasteiger partial charge in [0, 0.05) is 32.7 Å². The zero-order valence-electron chi connectivity index (χ0n) is 27.2. The molecule has 4 atom stereocenters. The topological polar surface area (TPSA) is 207 Å². The lowest BCUT2D eigenvalue weighted by Gasteiger charge is -2.28. The van der Waals surface area contributed by atoms with E-state index in [0.717, 1.165) is 17.5 Å². The Kier molecular flexibility index (Phi) is 15.7. The van der Waals surface area contributed by atoms with Gasteiger partial charge in [-0.15, -0.1) is 0 Å². The Morgan fingerprint density at radius 3 is 2.02 bits per heavy atom. The second kappa shape index (κ2) is 19.9. The van der Waals surface area contributed by atoms with Gasteiger partial charge in [0.1, 0.15) is 18.1 Å². The van der Waals surface area contributed by atoms with Gasteiger partial charge in [0.25, 0.3) is 0 Å².